The smallest absolute Gasteiger partial charge is 0.222 e. The molecule has 1 N–H and O–H groups in total. The van der Waals surface area contributed by atoms with Crippen LogP contribution in [-0.4, -0.2) is 11.9 Å². The van der Waals surface area contributed by atoms with Crippen molar-refractivity contribution >= 4 is 17.6 Å². The first-order chi connectivity index (χ1) is 10.1. The number of benzene rings is 2. The Labute approximate surface area is 125 Å². The molecule has 0 aromatic heterocycles. The molecule has 0 spiro atoms. The van der Waals surface area contributed by atoms with Crippen LogP contribution >= 0.6 is 0 Å². The van der Waals surface area contributed by atoms with Crippen molar-refractivity contribution in [1.82, 2.24) is 5.32 Å². The number of amides is 1. The summed E-state index contributed by atoms with van der Waals surface area (Å²) >= 11 is 0. The summed E-state index contributed by atoms with van der Waals surface area (Å²) in [6.45, 7) is 4.18. The maximum Gasteiger partial charge on any atom is 0.222 e. The molecule has 106 valence electrons. The number of carbonyl (C=O) groups is 1. The van der Waals surface area contributed by atoms with Gasteiger partial charge in [-0.15, -0.1) is 0 Å². The van der Waals surface area contributed by atoms with Gasteiger partial charge in [-0.1, -0.05) is 59.7 Å². The van der Waals surface area contributed by atoms with Crippen LogP contribution in [0.15, 0.2) is 48.5 Å². The Morgan fingerprint density at radius 3 is 2.38 bits per heavy atom. The molecule has 2 nitrogen and oxygen atoms in total. The van der Waals surface area contributed by atoms with Crippen LogP contribution in [-0.2, 0) is 4.79 Å². The van der Waals surface area contributed by atoms with Gasteiger partial charge in [-0.25, -0.2) is 0 Å². The minimum atomic E-state index is 0.125. The molecule has 0 radical (unpaired) electrons. The third-order valence-corrected chi connectivity index (χ3v) is 3.82. The molecule has 0 saturated carbocycles. The first-order valence-electron chi connectivity index (χ1n) is 7.26. The highest BCUT2D eigenvalue weighted by atomic mass is 16.2. The monoisotopic (exact) mass is 277 g/mol. The van der Waals surface area contributed by atoms with Crippen molar-refractivity contribution in [3.63, 3.8) is 0 Å². The molecule has 21 heavy (non-hydrogen) atoms. The highest BCUT2D eigenvalue weighted by Gasteiger charge is 2.29. The van der Waals surface area contributed by atoms with Crippen LogP contribution in [0.2, 0.25) is 0 Å². The van der Waals surface area contributed by atoms with Gasteiger partial charge in [0.1, 0.15) is 0 Å². The van der Waals surface area contributed by atoms with Crippen molar-refractivity contribution in [3.05, 3.63) is 70.8 Å². The second-order valence-electron chi connectivity index (χ2n) is 5.71. The summed E-state index contributed by atoms with van der Waals surface area (Å²) in [5.41, 5.74) is 6.01. The molecule has 1 aliphatic rings. The third-order valence-electron chi connectivity index (χ3n) is 3.82. The molecular formula is C19H19NO. The largest absolute Gasteiger partial charge is 0.349 e. The van der Waals surface area contributed by atoms with Gasteiger partial charge in [0.15, 0.2) is 0 Å². The predicted octanol–water partition coefficient (Wildman–Crippen LogP) is 3.73. The van der Waals surface area contributed by atoms with Crippen LogP contribution in [0.1, 0.15) is 28.7 Å². The zero-order chi connectivity index (χ0) is 14.8. The van der Waals surface area contributed by atoms with Gasteiger partial charge < -0.3 is 5.32 Å². The minimum absolute atomic E-state index is 0.125. The molecular weight excluding hydrogens is 258 g/mol. The average Bonchev–Trinajstić information content (AvgIpc) is 2.42. The number of hydrogen-bond donors (Lipinski definition) is 1. The molecule has 0 bridgehead atoms. The quantitative estimate of drug-likeness (QED) is 0.672. The summed E-state index contributed by atoms with van der Waals surface area (Å²) in [5, 5.41) is 2.99. The van der Waals surface area contributed by atoms with Crippen LogP contribution in [0.25, 0.3) is 11.6 Å². The van der Waals surface area contributed by atoms with E-state index in [-0.39, 0.29) is 11.9 Å². The van der Waals surface area contributed by atoms with Crippen LogP contribution in [0.3, 0.4) is 0 Å². The molecule has 2 aromatic rings. The number of β-lactam (4-membered cyclic amide) rings is 1. The molecule has 0 aliphatic carbocycles. The Morgan fingerprint density at radius 2 is 1.76 bits per heavy atom. The van der Waals surface area contributed by atoms with Crippen LogP contribution in [0.4, 0.5) is 0 Å². The fraction of sp³-hybridized carbons (Fsp3) is 0.211. The van der Waals surface area contributed by atoms with Gasteiger partial charge in [-0.2, -0.15) is 0 Å². The number of hydrogen-bond acceptors (Lipinski definition) is 1. The number of aryl methyl sites for hydroxylation is 2. The van der Waals surface area contributed by atoms with E-state index >= 15 is 0 Å². The van der Waals surface area contributed by atoms with E-state index in [1.165, 1.54) is 27.8 Å². The summed E-state index contributed by atoms with van der Waals surface area (Å²) in [6, 6.07) is 17.0. The second kappa shape index (κ2) is 5.57. The predicted molar refractivity (Wildman–Crippen MR) is 86.8 cm³/mol. The van der Waals surface area contributed by atoms with Crippen molar-refractivity contribution in [2.75, 3.05) is 0 Å². The Kier molecular flexibility index (Phi) is 3.61. The lowest BCUT2D eigenvalue weighted by Crippen LogP contribution is -2.48. The van der Waals surface area contributed by atoms with E-state index < -0.39 is 0 Å². The fourth-order valence-electron chi connectivity index (χ4n) is 2.70. The lowest BCUT2D eigenvalue weighted by atomic mass is 9.89. The molecule has 1 heterocycles. The Hall–Kier alpha value is -2.35. The van der Waals surface area contributed by atoms with Crippen LogP contribution in [0, 0.1) is 13.8 Å². The van der Waals surface area contributed by atoms with E-state index in [1.807, 2.05) is 0 Å². The molecule has 2 aromatic carbocycles. The molecule has 2 heteroatoms. The third kappa shape index (κ3) is 3.05. The summed E-state index contributed by atoms with van der Waals surface area (Å²) < 4.78 is 0. The molecule has 1 aliphatic heterocycles. The van der Waals surface area contributed by atoms with Crippen molar-refractivity contribution in [1.29, 1.82) is 0 Å². The van der Waals surface area contributed by atoms with E-state index in [9.17, 15) is 4.79 Å². The van der Waals surface area contributed by atoms with Gasteiger partial charge >= 0.3 is 0 Å². The Balaban J connectivity index is 2.02. The zero-order valence-corrected chi connectivity index (χ0v) is 12.4. The Morgan fingerprint density at radius 1 is 1.10 bits per heavy atom. The SMILES string of the molecule is Cc1cccc(C=C(c2cccc(C)c2)C2CC(=O)N2)c1. The van der Waals surface area contributed by atoms with E-state index in [0.29, 0.717) is 6.42 Å². The van der Waals surface area contributed by atoms with Crippen LogP contribution in [0.5, 0.6) is 0 Å². The molecule has 1 saturated heterocycles. The maximum absolute atomic E-state index is 11.3. The van der Waals surface area contributed by atoms with E-state index in [0.717, 1.165) is 0 Å². The van der Waals surface area contributed by atoms with Gasteiger partial charge in [0.2, 0.25) is 5.91 Å². The zero-order valence-electron chi connectivity index (χ0n) is 12.4. The highest BCUT2D eigenvalue weighted by Crippen LogP contribution is 2.28. The number of nitrogens with one attached hydrogen (secondary N) is 1. The first-order valence-corrected chi connectivity index (χ1v) is 7.26. The minimum Gasteiger partial charge on any atom is -0.349 e. The van der Waals surface area contributed by atoms with E-state index in [4.69, 9.17) is 0 Å². The van der Waals surface area contributed by atoms with Crippen molar-refractivity contribution < 1.29 is 4.79 Å². The van der Waals surface area contributed by atoms with Gasteiger partial charge in [0.25, 0.3) is 0 Å². The average molecular weight is 277 g/mol. The van der Waals surface area contributed by atoms with Crippen molar-refractivity contribution in [2.45, 2.75) is 26.3 Å². The first kappa shape index (κ1) is 13.6. The summed E-state index contributed by atoms with van der Waals surface area (Å²) in [4.78, 5) is 11.3. The highest BCUT2D eigenvalue weighted by molar-refractivity contribution is 5.95. The van der Waals surface area contributed by atoms with Gasteiger partial charge in [0.05, 0.1) is 12.5 Å². The molecule has 1 fully saturated rings. The van der Waals surface area contributed by atoms with Crippen molar-refractivity contribution in [2.24, 2.45) is 0 Å². The molecule has 1 amide bonds. The lowest BCUT2D eigenvalue weighted by molar-refractivity contribution is -0.126. The summed E-state index contributed by atoms with van der Waals surface area (Å²) in [7, 11) is 0. The number of rotatable bonds is 3. The van der Waals surface area contributed by atoms with Gasteiger partial charge in [0, 0.05) is 0 Å². The Bertz CT molecular complexity index is 707. The number of carbonyl (C=O) groups excluding carboxylic acids is 1. The van der Waals surface area contributed by atoms with Gasteiger partial charge in [-0.3, -0.25) is 4.79 Å². The lowest BCUT2D eigenvalue weighted by Gasteiger charge is -2.30. The molecule has 3 rings (SSSR count). The molecule has 1 unspecified atom stereocenters. The topological polar surface area (TPSA) is 29.1 Å². The maximum atomic E-state index is 11.3. The van der Waals surface area contributed by atoms with E-state index in [2.05, 4.69) is 73.8 Å². The standard InChI is InChI=1S/C19H19NO/c1-13-5-3-7-15(9-13)11-17(18-12-19(21)20-18)16-8-4-6-14(2)10-16/h3-11,18H,12H2,1-2H3,(H,20,21). The van der Waals surface area contributed by atoms with Gasteiger partial charge in [-0.05, 0) is 36.6 Å². The van der Waals surface area contributed by atoms with Crippen LogP contribution < -0.4 is 5.32 Å². The van der Waals surface area contributed by atoms with Crippen molar-refractivity contribution in [3.8, 4) is 0 Å². The van der Waals surface area contributed by atoms with E-state index in [1.54, 1.807) is 0 Å². The second-order valence-corrected chi connectivity index (χ2v) is 5.71. The molecule has 1 atom stereocenters. The normalized spacial score (nSPS) is 18.1. The summed E-state index contributed by atoms with van der Waals surface area (Å²) in [6.07, 6.45) is 2.76. The fourth-order valence-corrected chi connectivity index (χ4v) is 2.70. The summed E-state index contributed by atoms with van der Waals surface area (Å²) in [5.74, 6) is 0.128.